The highest BCUT2D eigenvalue weighted by molar-refractivity contribution is 7.91. The van der Waals surface area contributed by atoms with Crippen LogP contribution in [0.5, 0.6) is 0 Å². The van der Waals surface area contributed by atoms with Crippen LogP contribution in [0.2, 0.25) is 0 Å². The number of hydrogen-bond acceptors (Lipinski definition) is 3. The number of benzene rings is 2. The quantitative estimate of drug-likeness (QED) is 0.731. The lowest BCUT2D eigenvalue weighted by molar-refractivity contribution is 0.581. The van der Waals surface area contributed by atoms with E-state index in [0.717, 1.165) is 22.2 Å². The van der Waals surface area contributed by atoms with E-state index in [1.807, 2.05) is 32.0 Å². The molecule has 3 aromatic rings. The molecule has 0 fully saturated rings. The summed E-state index contributed by atoms with van der Waals surface area (Å²) in [6.07, 6.45) is 0. The van der Waals surface area contributed by atoms with Crippen LogP contribution in [0.15, 0.2) is 52.5 Å². The van der Waals surface area contributed by atoms with Gasteiger partial charge in [0.25, 0.3) is 0 Å². The standard InChI is InChI=1S/C16H16N2O2S/c1-11-7-9-13(10-8-11)21(19,20)16-17-15-12(2)5-4-6-14(15)18(16)3/h4-10H,1-3H3. The van der Waals surface area contributed by atoms with Crippen molar-refractivity contribution in [3.8, 4) is 0 Å². The van der Waals surface area contributed by atoms with E-state index in [0.29, 0.717) is 0 Å². The number of imidazole rings is 1. The number of nitrogens with zero attached hydrogens (tertiary/aromatic N) is 2. The number of aromatic nitrogens is 2. The van der Waals surface area contributed by atoms with Crippen LogP contribution in [0.4, 0.5) is 0 Å². The zero-order valence-electron chi connectivity index (χ0n) is 12.2. The van der Waals surface area contributed by atoms with Crippen LogP contribution in [-0.2, 0) is 16.9 Å². The molecule has 0 spiro atoms. The van der Waals surface area contributed by atoms with Gasteiger partial charge in [0, 0.05) is 7.05 Å². The number of fused-ring (bicyclic) bond motifs is 1. The Labute approximate surface area is 124 Å². The van der Waals surface area contributed by atoms with Crippen molar-refractivity contribution in [1.82, 2.24) is 9.55 Å². The second-order valence-corrected chi connectivity index (χ2v) is 7.06. The topological polar surface area (TPSA) is 52.0 Å². The van der Waals surface area contributed by atoms with Crippen LogP contribution in [0.1, 0.15) is 11.1 Å². The second kappa shape index (κ2) is 4.70. The molecule has 0 unspecified atom stereocenters. The highest BCUT2D eigenvalue weighted by atomic mass is 32.2. The van der Waals surface area contributed by atoms with E-state index in [4.69, 9.17) is 0 Å². The van der Waals surface area contributed by atoms with Crippen molar-refractivity contribution >= 4 is 20.9 Å². The maximum absolute atomic E-state index is 12.8. The molecule has 0 aliphatic rings. The average Bonchev–Trinajstić information content (AvgIpc) is 2.79. The summed E-state index contributed by atoms with van der Waals surface area (Å²) >= 11 is 0. The van der Waals surface area contributed by atoms with Gasteiger partial charge in [-0.25, -0.2) is 13.4 Å². The highest BCUT2D eigenvalue weighted by Gasteiger charge is 2.24. The molecule has 0 N–H and O–H groups in total. The van der Waals surface area contributed by atoms with E-state index in [9.17, 15) is 8.42 Å². The lowest BCUT2D eigenvalue weighted by Crippen LogP contribution is -2.08. The van der Waals surface area contributed by atoms with Gasteiger partial charge in [-0.05, 0) is 37.6 Å². The zero-order valence-corrected chi connectivity index (χ0v) is 13.0. The fourth-order valence-electron chi connectivity index (χ4n) is 2.40. The lowest BCUT2D eigenvalue weighted by Gasteiger charge is -2.05. The van der Waals surface area contributed by atoms with E-state index in [1.54, 1.807) is 35.9 Å². The molecule has 108 valence electrons. The first-order valence-electron chi connectivity index (χ1n) is 6.65. The fourth-order valence-corrected chi connectivity index (χ4v) is 3.77. The van der Waals surface area contributed by atoms with Crippen LogP contribution >= 0.6 is 0 Å². The predicted molar refractivity (Wildman–Crippen MR) is 82.1 cm³/mol. The molecular formula is C16H16N2O2S. The average molecular weight is 300 g/mol. The third-order valence-electron chi connectivity index (χ3n) is 3.64. The van der Waals surface area contributed by atoms with Gasteiger partial charge in [0.05, 0.1) is 15.9 Å². The molecule has 1 aromatic heterocycles. The largest absolute Gasteiger partial charge is 0.318 e. The molecule has 0 radical (unpaired) electrons. The molecule has 21 heavy (non-hydrogen) atoms. The van der Waals surface area contributed by atoms with Crippen molar-refractivity contribution in [3.63, 3.8) is 0 Å². The Morgan fingerprint density at radius 3 is 2.29 bits per heavy atom. The molecule has 4 nitrogen and oxygen atoms in total. The van der Waals surface area contributed by atoms with Crippen LogP contribution in [0.3, 0.4) is 0 Å². The van der Waals surface area contributed by atoms with Crippen LogP contribution in [0.25, 0.3) is 11.0 Å². The van der Waals surface area contributed by atoms with Gasteiger partial charge in [0.2, 0.25) is 15.0 Å². The van der Waals surface area contributed by atoms with Crippen LogP contribution in [-0.4, -0.2) is 18.0 Å². The van der Waals surface area contributed by atoms with Gasteiger partial charge < -0.3 is 4.57 Å². The van der Waals surface area contributed by atoms with E-state index in [1.165, 1.54) is 0 Å². The van der Waals surface area contributed by atoms with E-state index >= 15 is 0 Å². The fraction of sp³-hybridized carbons (Fsp3) is 0.188. The van der Waals surface area contributed by atoms with Crippen molar-refractivity contribution < 1.29 is 8.42 Å². The van der Waals surface area contributed by atoms with Crippen LogP contribution < -0.4 is 0 Å². The molecule has 3 rings (SSSR count). The summed E-state index contributed by atoms with van der Waals surface area (Å²) in [7, 11) is -1.88. The van der Waals surface area contributed by atoms with Crippen molar-refractivity contribution in [1.29, 1.82) is 0 Å². The number of aryl methyl sites for hydroxylation is 3. The molecule has 0 aliphatic heterocycles. The Morgan fingerprint density at radius 1 is 1.00 bits per heavy atom. The maximum atomic E-state index is 12.8. The number of sulfone groups is 1. The van der Waals surface area contributed by atoms with Crippen molar-refractivity contribution in [3.05, 3.63) is 53.6 Å². The molecule has 2 aromatic carbocycles. The molecule has 0 atom stereocenters. The van der Waals surface area contributed by atoms with E-state index < -0.39 is 9.84 Å². The van der Waals surface area contributed by atoms with Gasteiger partial charge in [0.15, 0.2) is 0 Å². The Kier molecular flexibility index (Phi) is 3.10. The SMILES string of the molecule is Cc1ccc(S(=O)(=O)c2nc3c(C)cccc3n2C)cc1. The van der Waals surface area contributed by atoms with Gasteiger partial charge in [-0.2, -0.15) is 0 Å². The molecule has 0 amide bonds. The molecule has 0 aliphatic carbocycles. The van der Waals surface area contributed by atoms with Crippen molar-refractivity contribution in [2.45, 2.75) is 23.9 Å². The van der Waals surface area contributed by atoms with Gasteiger partial charge in [-0.3, -0.25) is 0 Å². The van der Waals surface area contributed by atoms with Gasteiger partial charge in [0.1, 0.15) is 0 Å². The Morgan fingerprint density at radius 2 is 1.67 bits per heavy atom. The first-order valence-corrected chi connectivity index (χ1v) is 8.13. The maximum Gasteiger partial charge on any atom is 0.240 e. The third-order valence-corrected chi connectivity index (χ3v) is 5.38. The minimum Gasteiger partial charge on any atom is -0.318 e. The normalized spacial score (nSPS) is 12.0. The van der Waals surface area contributed by atoms with Crippen LogP contribution in [0, 0.1) is 13.8 Å². The summed E-state index contributed by atoms with van der Waals surface area (Å²) in [5, 5.41) is 0.0793. The highest BCUT2D eigenvalue weighted by Crippen LogP contribution is 2.25. The van der Waals surface area contributed by atoms with Crippen molar-refractivity contribution in [2.24, 2.45) is 7.05 Å². The number of rotatable bonds is 2. The third kappa shape index (κ3) is 2.14. The Bertz CT molecular complexity index is 923. The summed E-state index contributed by atoms with van der Waals surface area (Å²) in [6.45, 7) is 3.85. The smallest absolute Gasteiger partial charge is 0.240 e. The molecule has 0 saturated carbocycles. The van der Waals surface area contributed by atoms with Gasteiger partial charge in [-0.15, -0.1) is 0 Å². The predicted octanol–water partition coefficient (Wildman–Crippen LogP) is 3.02. The minimum absolute atomic E-state index is 0.0793. The number of para-hydroxylation sites is 1. The second-order valence-electron chi connectivity index (χ2n) is 5.21. The molecule has 5 heteroatoms. The Balaban J connectivity index is 2.26. The first kappa shape index (κ1) is 13.8. The molecular weight excluding hydrogens is 284 g/mol. The van der Waals surface area contributed by atoms with E-state index in [2.05, 4.69) is 4.98 Å². The van der Waals surface area contributed by atoms with Gasteiger partial charge >= 0.3 is 0 Å². The summed E-state index contributed by atoms with van der Waals surface area (Å²) in [6, 6.07) is 12.5. The summed E-state index contributed by atoms with van der Waals surface area (Å²) < 4.78 is 27.2. The Hall–Kier alpha value is -2.14. The lowest BCUT2D eigenvalue weighted by atomic mass is 10.2. The zero-order chi connectivity index (χ0) is 15.2. The van der Waals surface area contributed by atoms with Crippen molar-refractivity contribution in [2.75, 3.05) is 0 Å². The monoisotopic (exact) mass is 300 g/mol. The summed E-state index contributed by atoms with van der Waals surface area (Å²) in [5.74, 6) is 0. The van der Waals surface area contributed by atoms with E-state index in [-0.39, 0.29) is 10.1 Å². The molecule has 0 saturated heterocycles. The molecule has 1 heterocycles. The number of hydrogen-bond donors (Lipinski definition) is 0. The minimum atomic E-state index is -3.61. The van der Waals surface area contributed by atoms with Gasteiger partial charge in [-0.1, -0.05) is 29.8 Å². The molecule has 0 bridgehead atoms. The summed E-state index contributed by atoms with van der Waals surface area (Å²) in [4.78, 5) is 4.63. The first-order chi connectivity index (χ1) is 9.91. The summed E-state index contributed by atoms with van der Waals surface area (Å²) in [5.41, 5.74) is 3.54.